The maximum atomic E-state index is 12.1. The fourth-order valence-corrected chi connectivity index (χ4v) is 5.52. The molecule has 38 heavy (non-hydrogen) atoms. The van der Waals surface area contributed by atoms with Crippen molar-refractivity contribution in [2.75, 3.05) is 13.1 Å². The Morgan fingerprint density at radius 2 is 1.82 bits per heavy atom. The summed E-state index contributed by atoms with van der Waals surface area (Å²) in [5.41, 5.74) is 1.02. The van der Waals surface area contributed by atoms with Gasteiger partial charge < -0.3 is 9.84 Å². The molecule has 10 heteroatoms. The summed E-state index contributed by atoms with van der Waals surface area (Å²) in [7, 11) is 0. The minimum absolute atomic E-state index is 0.0363. The molecule has 5 rings (SSSR count). The van der Waals surface area contributed by atoms with Crippen LogP contribution in [0, 0.1) is 0 Å². The van der Waals surface area contributed by atoms with Gasteiger partial charge in [-0.3, -0.25) is 14.7 Å². The van der Waals surface area contributed by atoms with Crippen molar-refractivity contribution < 1.29 is 9.84 Å². The van der Waals surface area contributed by atoms with Gasteiger partial charge in [-0.1, -0.05) is 60.5 Å². The summed E-state index contributed by atoms with van der Waals surface area (Å²) in [4.78, 5) is 27.9. The van der Waals surface area contributed by atoms with E-state index in [0.29, 0.717) is 12.3 Å². The lowest BCUT2D eigenvalue weighted by atomic mass is 9.76. The maximum Gasteiger partial charge on any atom is 0.349 e. The molecule has 1 aliphatic heterocycles. The molecule has 1 aliphatic rings. The first-order valence-corrected chi connectivity index (χ1v) is 12.9. The third-order valence-electron chi connectivity index (χ3n) is 6.85. The lowest BCUT2D eigenvalue weighted by Crippen LogP contribution is -2.43. The van der Waals surface area contributed by atoms with E-state index in [9.17, 15) is 14.7 Å². The summed E-state index contributed by atoms with van der Waals surface area (Å²) in [6, 6.07) is 18.5. The van der Waals surface area contributed by atoms with Crippen molar-refractivity contribution in [2.24, 2.45) is 0 Å². The van der Waals surface area contributed by atoms with E-state index in [1.54, 1.807) is 18.2 Å². The number of phenolic OH excluding ortho intramolecular Hbond substituents is 1. The number of rotatable bonds is 6. The van der Waals surface area contributed by atoms with Crippen LogP contribution in [0.25, 0.3) is 5.69 Å². The average Bonchev–Trinajstić information content (AvgIpc) is 2.88. The van der Waals surface area contributed by atoms with Crippen LogP contribution in [0.2, 0.25) is 10.0 Å². The highest BCUT2D eigenvalue weighted by molar-refractivity contribution is 6.37. The van der Waals surface area contributed by atoms with Crippen LogP contribution in [-0.2, 0) is 12.0 Å². The minimum Gasteiger partial charge on any atom is -0.508 e. The van der Waals surface area contributed by atoms with Crippen molar-refractivity contribution >= 4 is 23.2 Å². The molecule has 0 saturated carbocycles. The predicted octanol–water partition coefficient (Wildman–Crippen LogP) is 5.28. The fourth-order valence-electron chi connectivity index (χ4n) is 4.97. The van der Waals surface area contributed by atoms with Gasteiger partial charge in [0.15, 0.2) is 5.75 Å². The van der Waals surface area contributed by atoms with Gasteiger partial charge in [0.05, 0.1) is 15.7 Å². The number of H-pyrrole nitrogens is 1. The smallest absolute Gasteiger partial charge is 0.349 e. The number of aromatic amines is 1. The molecular weight excluding hydrogens is 527 g/mol. The van der Waals surface area contributed by atoms with Crippen molar-refractivity contribution in [3.8, 4) is 22.9 Å². The number of nitrogens with zero attached hydrogens (tertiary/aromatic N) is 3. The molecule has 2 N–H and O–H groups in total. The van der Waals surface area contributed by atoms with Crippen molar-refractivity contribution in [2.45, 2.75) is 31.7 Å². The van der Waals surface area contributed by atoms with Crippen molar-refractivity contribution in [1.82, 2.24) is 19.7 Å². The van der Waals surface area contributed by atoms with Crippen LogP contribution < -0.4 is 16.0 Å². The molecule has 0 amide bonds. The first-order valence-electron chi connectivity index (χ1n) is 12.2. The number of hydrogen-bond acceptors (Lipinski definition) is 6. The maximum absolute atomic E-state index is 12.1. The fraction of sp³-hybridized carbons (Fsp3) is 0.250. The molecule has 4 aromatic rings. The van der Waals surface area contributed by atoms with Gasteiger partial charge in [0, 0.05) is 24.1 Å². The second-order valence-corrected chi connectivity index (χ2v) is 10.5. The summed E-state index contributed by atoms with van der Waals surface area (Å²) in [6.45, 7) is 4.66. The molecule has 1 atom stereocenters. The Hall–Kier alpha value is -3.59. The molecule has 0 aliphatic carbocycles. The summed E-state index contributed by atoms with van der Waals surface area (Å²) >= 11 is 12.9. The van der Waals surface area contributed by atoms with Crippen LogP contribution in [0.1, 0.15) is 30.9 Å². The molecule has 0 bridgehead atoms. The quantitative estimate of drug-likeness (QED) is 0.337. The van der Waals surface area contributed by atoms with Gasteiger partial charge in [-0.05, 0) is 55.3 Å². The van der Waals surface area contributed by atoms with E-state index < -0.39 is 11.2 Å². The molecule has 1 unspecified atom stereocenters. The van der Waals surface area contributed by atoms with Gasteiger partial charge in [-0.2, -0.15) is 9.78 Å². The van der Waals surface area contributed by atoms with E-state index in [0.717, 1.165) is 42.4 Å². The standard InChI is InChI=1S/C28H26Cl2N4O4/c1-28(19-6-3-2-4-7-19)10-5-11-33(17-28)16-18-12-21(8-9-24(18)35)38-26-22(29)13-20(14-23(26)30)34-27(37)32-25(36)15-31-34/h2-4,6-9,12-15,35H,5,10-11,16-17H2,1H3,(H,32,36,37). The molecule has 2 heterocycles. The van der Waals surface area contributed by atoms with E-state index in [4.69, 9.17) is 27.9 Å². The lowest BCUT2D eigenvalue weighted by molar-refractivity contribution is 0.148. The number of piperidine rings is 1. The number of aromatic hydroxyl groups is 1. The Labute approximate surface area is 229 Å². The predicted molar refractivity (Wildman–Crippen MR) is 147 cm³/mol. The summed E-state index contributed by atoms with van der Waals surface area (Å²) < 4.78 is 6.99. The third kappa shape index (κ3) is 5.48. The largest absolute Gasteiger partial charge is 0.508 e. The Kier molecular flexibility index (Phi) is 7.29. The number of ether oxygens (including phenoxy) is 1. The van der Waals surface area contributed by atoms with E-state index in [-0.39, 0.29) is 32.6 Å². The molecule has 3 aromatic carbocycles. The van der Waals surface area contributed by atoms with Crippen molar-refractivity contribution in [3.63, 3.8) is 0 Å². The van der Waals surface area contributed by atoms with Gasteiger partial charge in [-0.15, -0.1) is 0 Å². The summed E-state index contributed by atoms with van der Waals surface area (Å²) in [5, 5.41) is 14.7. The summed E-state index contributed by atoms with van der Waals surface area (Å²) in [5.74, 6) is 0.831. The third-order valence-corrected chi connectivity index (χ3v) is 7.41. The van der Waals surface area contributed by atoms with Gasteiger partial charge in [0.25, 0.3) is 5.56 Å². The van der Waals surface area contributed by atoms with E-state index in [2.05, 4.69) is 46.2 Å². The molecule has 1 aromatic heterocycles. The average molecular weight is 553 g/mol. The zero-order chi connectivity index (χ0) is 26.9. The number of aromatic nitrogens is 3. The first kappa shape index (κ1) is 26.0. The van der Waals surface area contributed by atoms with E-state index >= 15 is 0 Å². The number of hydrogen-bond donors (Lipinski definition) is 2. The molecule has 1 fully saturated rings. The number of halogens is 2. The number of nitrogens with one attached hydrogen (secondary N) is 1. The molecule has 0 spiro atoms. The molecule has 8 nitrogen and oxygen atoms in total. The van der Waals surface area contributed by atoms with Crippen LogP contribution >= 0.6 is 23.2 Å². The van der Waals surface area contributed by atoms with Crippen molar-refractivity contribution in [3.05, 3.63) is 109 Å². The van der Waals surface area contributed by atoms with Gasteiger partial charge >= 0.3 is 5.69 Å². The zero-order valence-electron chi connectivity index (χ0n) is 20.7. The molecule has 1 saturated heterocycles. The topological polar surface area (TPSA) is 100 Å². The number of benzene rings is 3. The molecule has 196 valence electrons. The normalized spacial score (nSPS) is 17.9. The van der Waals surface area contributed by atoms with Crippen LogP contribution in [0.15, 0.2) is 76.4 Å². The van der Waals surface area contributed by atoms with Gasteiger partial charge in [0.2, 0.25) is 0 Å². The number of phenols is 1. The van der Waals surface area contributed by atoms with Crippen molar-refractivity contribution in [1.29, 1.82) is 0 Å². The highest BCUT2D eigenvalue weighted by Crippen LogP contribution is 2.40. The zero-order valence-corrected chi connectivity index (χ0v) is 22.2. The molecule has 0 radical (unpaired) electrons. The Balaban J connectivity index is 1.36. The lowest BCUT2D eigenvalue weighted by Gasteiger charge is -2.41. The number of likely N-dealkylation sites (tertiary alicyclic amines) is 1. The summed E-state index contributed by atoms with van der Waals surface area (Å²) in [6.07, 6.45) is 3.15. The Morgan fingerprint density at radius 3 is 2.53 bits per heavy atom. The van der Waals surface area contributed by atoms with Crippen LogP contribution in [0.4, 0.5) is 0 Å². The monoisotopic (exact) mass is 552 g/mol. The van der Waals surface area contributed by atoms with Gasteiger partial charge in [-0.25, -0.2) is 4.79 Å². The highest BCUT2D eigenvalue weighted by Gasteiger charge is 2.32. The second kappa shape index (κ2) is 10.6. The Bertz CT molecular complexity index is 1570. The molecular formula is C28H26Cl2N4O4. The van der Waals surface area contributed by atoms with E-state index in [1.165, 1.54) is 17.7 Å². The minimum atomic E-state index is -0.720. The highest BCUT2D eigenvalue weighted by atomic mass is 35.5. The van der Waals surface area contributed by atoms with Crippen LogP contribution in [0.5, 0.6) is 17.2 Å². The first-order chi connectivity index (χ1) is 18.2. The van der Waals surface area contributed by atoms with Gasteiger partial charge in [0.1, 0.15) is 17.7 Å². The SMILES string of the molecule is CC1(c2ccccc2)CCCN(Cc2cc(Oc3c(Cl)cc(-n4ncc(=O)[nH]c4=O)cc3Cl)ccc2O)C1. The van der Waals surface area contributed by atoms with E-state index in [1.807, 2.05) is 6.07 Å². The van der Waals surface area contributed by atoms with Crippen LogP contribution in [-0.4, -0.2) is 37.9 Å². The second-order valence-electron chi connectivity index (χ2n) is 9.72. The Morgan fingerprint density at radius 1 is 1.08 bits per heavy atom. The van der Waals surface area contributed by atoms with Crippen LogP contribution in [0.3, 0.4) is 0 Å².